The van der Waals surface area contributed by atoms with Gasteiger partial charge >= 0.3 is 0 Å². The fourth-order valence-corrected chi connectivity index (χ4v) is 6.76. The number of nitrogens with zero attached hydrogens (tertiary/aromatic N) is 1. The molecule has 1 aliphatic heterocycles. The van der Waals surface area contributed by atoms with E-state index in [1.165, 1.54) is 21.9 Å². The van der Waals surface area contributed by atoms with Crippen LogP contribution in [0, 0.1) is 0 Å². The Kier molecular flexibility index (Phi) is 6.53. The molecule has 1 unspecified atom stereocenters. The molecule has 3 heteroatoms. The Bertz CT molecular complexity index is 2470. The van der Waals surface area contributed by atoms with Crippen molar-refractivity contribution in [3.8, 4) is 22.3 Å². The van der Waals surface area contributed by atoms with Crippen molar-refractivity contribution in [1.29, 1.82) is 0 Å². The highest BCUT2D eigenvalue weighted by molar-refractivity contribution is 6.21. The lowest BCUT2D eigenvalue weighted by atomic mass is 9.95. The molecule has 2 heterocycles. The number of benzene rings is 7. The summed E-state index contributed by atoms with van der Waals surface area (Å²) in [7, 11) is 0. The van der Waals surface area contributed by atoms with Gasteiger partial charge in [0.1, 0.15) is 17.0 Å². The molecule has 1 atom stereocenters. The first-order valence-electron chi connectivity index (χ1n) is 16.0. The van der Waals surface area contributed by atoms with Gasteiger partial charge in [-0.1, -0.05) is 133 Å². The molecule has 3 nitrogen and oxygen atoms in total. The van der Waals surface area contributed by atoms with Gasteiger partial charge in [-0.15, -0.1) is 0 Å². The molecule has 47 heavy (non-hydrogen) atoms. The number of para-hydroxylation sites is 1. The van der Waals surface area contributed by atoms with Crippen molar-refractivity contribution in [1.82, 2.24) is 5.32 Å². The minimum atomic E-state index is -0.179. The highest BCUT2D eigenvalue weighted by atomic mass is 16.3. The van der Waals surface area contributed by atoms with E-state index in [2.05, 4.69) is 157 Å². The van der Waals surface area contributed by atoms with E-state index in [0.717, 1.165) is 61.3 Å². The van der Waals surface area contributed by atoms with Crippen LogP contribution in [0.4, 0.5) is 0 Å². The summed E-state index contributed by atoms with van der Waals surface area (Å²) in [5.74, 6) is 0.826. The fraction of sp³-hybridized carbons (Fsp3) is 0.0227. The third-order valence-corrected chi connectivity index (χ3v) is 9.11. The summed E-state index contributed by atoms with van der Waals surface area (Å²) in [5, 5.41) is 8.27. The molecule has 0 saturated heterocycles. The molecule has 0 radical (unpaired) electrons. The number of fused-ring (bicyclic) bond motifs is 4. The largest absolute Gasteiger partial charge is 0.455 e. The fourth-order valence-electron chi connectivity index (χ4n) is 6.76. The van der Waals surface area contributed by atoms with E-state index >= 15 is 0 Å². The molecule has 0 aliphatic carbocycles. The van der Waals surface area contributed by atoms with Crippen LogP contribution in [0.25, 0.3) is 60.7 Å². The summed E-state index contributed by atoms with van der Waals surface area (Å²) in [6, 6.07) is 57.3. The van der Waals surface area contributed by atoms with Crippen LogP contribution in [0.3, 0.4) is 0 Å². The van der Waals surface area contributed by atoms with Crippen LogP contribution in [0.15, 0.2) is 179 Å². The van der Waals surface area contributed by atoms with E-state index in [1.54, 1.807) is 0 Å². The molecule has 7 aromatic carbocycles. The molecular formula is C44H30N2O. The molecule has 1 N–H and O–H groups in total. The van der Waals surface area contributed by atoms with E-state index in [-0.39, 0.29) is 6.04 Å². The van der Waals surface area contributed by atoms with Gasteiger partial charge in [-0.2, -0.15) is 0 Å². The van der Waals surface area contributed by atoms with Crippen LogP contribution in [0.5, 0.6) is 0 Å². The van der Waals surface area contributed by atoms with Gasteiger partial charge in [0, 0.05) is 27.6 Å². The summed E-state index contributed by atoms with van der Waals surface area (Å²) in [6.45, 7) is 0. The zero-order chi connectivity index (χ0) is 31.2. The van der Waals surface area contributed by atoms with Crippen molar-refractivity contribution >= 4 is 44.2 Å². The van der Waals surface area contributed by atoms with Crippen molar-refractivity contribution < 1.29 is 4.42 Å². The van der Waals surface area contributed by atoms with Gasteiger partial charge < -0.3 is 9.73 Å². The number of rotatable bonds is 5. The van der Waals surface area contributed by atoms with E-state index < -0.39 is 0 Å². The molecule has 0 bridgehead atoms. The number of hydrogen-bond donors (Lipinski definition) is 1. The molecule has 222 valence electrons. The lowest BCUT2D eigenvalue weighted by Gasteiger charge is -2.24. The summed E-state index contributed by atoms with van der Waals surface area (Å²) in [4.78, 5) is 5.40. The van der Waals surface area contributed by atoms with Crippen molar-refractivity contribution in [2.45, 2.75) is 6.04 Å². The summed E-state index contributed by atoms with van der Waals surface area (Å²) >= 11 is 0. The van der Waals surface area contributed by atoms with Crippen LogP contribution >= 0.6 is 0 Å². The third kappa shape index (κ3) is 4.90. The molecule has 1 aromatic heterocycles. The molecule has 0 fully saturated rings. The number of amidine groups is 1. The van der Waals surface area contributed by atoms with Crippen LogP contribution in [-0.4, -0.2) is 5.84 Å². The van der Waals surface area contributed by atoms with Crippen molar-refractivity contribution in [2.24, 2.45) is 4.99 Å². The van der Waals surface area contributed by atoms with E-state index in [4.69, 9.17) is 9.41 Å². The average molecular weight is 603 g/mol. The summed E-state index contributed by atoms with van der Waals surface area (Å²) in [5.41, 5.74) is 10.7. The molecular weight excluding hydrogens is 572 g/mol. The molecule has 9 rings (SSSR count). The number of hydrogen-bond acceptors (Lipinski definition) is 3. The third-order valence-electron chi connectivity index (χ3n) is 9.11. The Morgan fingerprint density at radius 2 is 1.15 bits per heavy atom. The van der Waals surface area contributed by atoms with Gasteiger partial charge in [-0.25, -0.2) is 0 Å². The van der Waals surface area contributed by atoms with Crippen molar-refractivity contribution in [3.63, 3.8) is 0 Å². The van der Waals surface area contributed by atoms with Crippen LogP contribution in [0.2, 0.25) is 0 Å². The Morgan fingerprint density at radius 1 is 0.511 bits per heavy atom. The Balaban J connectivity index is 1.20. The maximum absolute atomic E-state index is 6.58. The predicted octanol–water partition coefficient (Wildman–Crippen LogP) is 11.2. The minimum absolute atomic E-state index is 0.179. The first kappa shape index (κ1) is 27.1. The summed E-state index contributed by atoms with van der Waals surface area (Å²) < 4.78 is 6.58. The standard InChI is InChI=1S/C44H30N2O/c1-4-12-29(13-5-1)32-20-21-34-27-35(23-22-33(34)26-32)40-28-39(31-16-8-3-9-17-31)45-44(46-40)38-25-24-36(30-14-6-2-7-15-30)43-42(38)37-18-10-11-19-41(37)47-43/h1-28,40H,(H,45,46). The Labute approximate surface area is 273 Å². The second-order valence-corrected chi connectivity index (χ2v) is 12.0. The van der Waals surface area contributed by atoms with E-state index in [9.17, 15) is 0 Å². The molecule has 1 aliphatic rings. The zero-order valence-electron chi connectivity index (χ0n) is 25.6. The first-order chi connectivity index (χ1) is 23.3. The number of nitrogens with one attached hydrogen (secondary N) is 1. The normalized spacial score (nSPS) is 14.6. The molecule has 0 spiro atoms. The molecule has 8 aromatic rings. The van der Waals surface area contributed by atoms with Gasteiger partial charge in [0.15, 0.2) is 0 Å². The van der Waals surface area contributed by atoms with Crippen LogP contribution in [-0.2, 0) is 0 Å². The minimum Gasteiger partial charge on any atom is -0.455 e. The zero-order valence-corrected chi connectivity index (χ0v) is 25.6. The van der Waals surface area contributed by atoms with Gasteiger partial charge in [0.05, 0.1) is 6.04 Å². The topological polar surface area (TPSA) is 37.5 Å². The van der Waals surface area contributed by atoms with Crippen LogP contribution < -0.4 is 5.32 Å². The van der Waals surface area contributed by atoms with Gasteiger partial charge in [0.25, 0.3) is 0 Å². The highest BCUT2D eigenvalue weighted by Crippen LogP contribution is 2.39. The Hall–Kier alpha value is -6.19. The maximum Gasteiger partial charge on any atom is 0.143 e. The second-order valence-electron chi connectivity index (χ2n) is 12.0. The Morgan fingerprint density at radius 3 is 1.94 bits per heavy atom. The highest BCUT2D eigenvalue weighted by Gasteiger charge is 2.24. The van der Waals surface area contributed by atoms with Crippen LogP contribution in [0.1, 0.15) is 22.7 Å². The lowest BCUT2D eigenvalue weighted by molar-refractivity contribution is 0.670. The lowest BCUT2D eigenvalue weighted by Crippen LogP contribution is -2.27. The summed E-state index contributed by atoms with van der Waals surface area (Å²) in [6.07, 6.45) is 2.24. The van der Waals surface area contributed by atoms with Gasteiger partial charge in [-0.05, 0) is 75.0 Å². The number of aliphatic imine (C=N–C) groups is 1. The first-order valence-corrected chi connectivity index (χ1v) is 16.0. The molecule has 0 saturated carbocycles. The van der Waals surface area contributed by atoms with Crippen molar-refractivity contribution in [2.75, 3.05) is 0 Å². The second kappa shape index (κ2) is 11.3. The van der Waals surface area contributed by atoms with Gasteiger partial charge in [-0.3, -0.25) is 4.99 Å². The van der Waals surface area contributed by atoms with E-state index in [1.807, 2.05) is 18.2 Å². The molecule has 0 amide bonds. The van der Waals surface area contributed by atoms with Crippen molar-refractivity contribution in [3.05, 3.63) is 187 Å². The maximum atomic E-state index is 6.58. The quantitative estimate of drug-likeness (QED) is 0.213. The smallest absolute Gasteiger partial charge is 0.143 e. The predicted molar refractivity (Wildman–Crippen MR) is 195 cm³/mol. The average Bonchev–Trinajstić information content (AvgIpc) is 3.55. The number of furan rings is 1. The van der Waals surface area contributed by atoms with E-state index in [0.29, 0.717) is 0 Å². The van der Waals surface area contributed by atoms with Gasteiger partial charge in [0.2, 0.25) is 0 Å². The monoisotopic (exact) mass is 602 g/mol. The SMILES string of the molecule is C1=C(c2ccccc2)NC(c2ccc(-c3ccccc3)c3oc4ccccc4c23)=NC1c1ccc2cc(-c3ccccc3)ccc2c1.